The van der Waals surface area contributed by atoms with Gasteiger partial charge in [-0.2, -0.15) is 0 Å². The van der Waals surface area contributed by atoms with Crippen molar-refractivity contribution in [1.29, 1.82) is 0 Å². The van der Waals surface area contributed by atoms with Crippen LogP contribution in [-0.2, 0) is 33.6 Å². The van der Waals surface area contributed by atoms with Crippen LogP contribution in [0.25, 0.3) is 0 Å². The van der Waals surface area contributed by atoms with E-state index in [0.717, 1.165) is 0 Å². The molecular weight excluding hydrogens is 566 g/mol. The van der Waals surface area contributed by atoms with Crippen molar-refractivity contribution < 1.29 is 43.8 Å². The van der Waals surface area contributed by atoms with Crippen LogP contribution in [0.15, 0.2) is 0 Å². The van der Waals surface area contributed by atoms with Crippen molar-refractivity contribution in [2.45, 2.75) is 103 Å². The lowest BCUT2D eigenvalue weighted by Gasteiger charge is -2.32. The Labute approximate surface area is 251 Å². The van der Waals surface area contributed by atoms with Crippen molar-refractivity contribution in [3.8, 4) is 0 Å². The Balaban J connectivity index is 2.96. The zero-order valence-electron chi connectivity index (χ0n) is 25.4. The highest BCUT2D eigenvalue weighted by molar-refractivity contribution is 5.97. The second kappa shape index (κ2) is 17.4. The summed E-state index contributed by atoms with van der Waals surface area (Å²) in [5, 5.41) is 28.8. The third-order valence-electron chi connectivity index (χ3n) is 7.26. The molecule has 6 amide bonds. The van der Waals surface area contributed by atoms with Crippen molar-refractivity contribution >= 4 is 41.4 Å². The van der Waals surface area contributed by atoms with Crippen LogP contribution < -0.4 is 32.7 Å². The molecule has 1 rings (SSSR count). The molecule has 0 unspecified atom stereocenters. The van der Waals surface area contributed by atoms with E-state index >= 15 is 0 Å². The van der Waals surface area contributed by atoms with Crippen molar-refractivity contribution in [2.24, 2.45) is 23.3 Å². The van der Waals surface area contributed by atoms with Gasteiger partial charge in [0.15, 0.2) is 0 Å². The first-order chi connectivity index (χ1) is 20.0. The fourth-order valence-electron chi connectivity index (χ4n) is 4.57. The van der Waals surface area contributed by atoms with Gasteiger partial charge in [0.05, 0.1) is 19.1 Å². The number of aliphatic hydroxyl groups is 1. The van der Waals surface area contributed by atoms with Gasteiger partial charge in [-0.3, -0.25) is 28.8 Å². The number of nitrogens with zero attached hydrogens (tertiary/aromatic N) is 1. The molecule has 0 aromatic carbocycles. The van der Waals surface area contributed by atoms with Gasteiger partial charge in [-0.1, -0.05) is 34.1 Å². The smallest absolute Gasteiger partial charge is 0.326 e. The lowest BCUT2D eigenvalue weighted by Crippen LogP contribution is -2.60. The van der Waals surface area contributed by atoms with Gasteiger partial charge in [0.1, 0.15) is 30.2 Å². The number of aliphatic carboxylic acids is 1. The molecule has 0 spiro atoms. The lowest BCUT2D eigenvalue weighted by molar-refractivity contribution is -0.145. The van der Waals surface area contributed by atoms with E-state index in [2.05, 4.69) is 21.3 Å². The number of likely N-dealkylation sites (tertiary alicyclic amines) is 1. The first-order valence-electron chi connectivity index (χ1n) is 14.4. The number of primary amides is 1. The monoisotopic (exact) mass is 613 g/mol. The number of hydrogen-bond acceptors (Lipinski definition) is 9. The zero-order valence-corrected chi connectivity index (χ0v) is 25.4. The molecule has 1 heterocycles. The molecule has 0 saturated carbocycles. The molecule has 1 fully saturated rings. The Morgan fingerprint density at radius 3 is 2.05 bits per heavy atom. The van der Waals surface area contributed by atoms with Gasteiger partial charge in [0.25, 0.3) is 0 Å². The second-order valence-electron chi connectivity index (χ2n) is 11.3. The average molecular weight is 614 g/mol. The topological polar surface area (TPSA) is 263 Å². The molecule has 16 heteroatoms. The Hall–Kier alpha value is -3.79. The molecule has 16 nitrogen and oxygen atoms in total. The summed E-state index contributed by atoms with van der Waals surface area (Å²) < 4.78 is 0. The minimum absolute atomic E-state index is 0.0125. The summed E-state index contributed by atoms with van der Waals surface area (Å²) >= 11 is 0. The van der Waals surface area contributed by atoms with Crippen LogP contribution in [0, 0.1) is 11.8 Å². The molecule has 0 aromatic rings. The highest BCUT2D eigenvalue weighted by Crippen LogP contribution is 2.22. The molecule has 7 atom stereocenters. The van der Waals surface area contributed by atoms with Crippen molar-refractivity contribution in [3.63, 3.8) is 0 Å². The zero-order chi connectivity index (χ0) is 33.0. The molecule has 10 N–H and O–H groups in total. The predicted octanol–water partition coefficient (Wildman–Crippen LogP) is -2.69. The third-order valence-corrected chi connectivity index (χ3v) is 7.26. The van der Waals surface area contributed by atoms with Gasteiger partial charge in [0.2, 0.25) is 35.4 Å². The number of nitrogens with two attached hydrogens (primary N) is 2. The maximum absolute atomic E-state index is 13.7. The quantitative estimate of drug-likeness (QED) is 0.0842. The largest absolute Gasteiger partial charge is 0.480 e. The first-order valence-corrected chi connectivity index (χ1v) is 14.4. The van der Waals surface area contributed by atoms with E-state index in [1.807, 2.05) is 20.8 Å². The summed E-state index contributed by atoms with van der Waals surface area (Å²) in [6.07, 6.45) is 1.07. The van der Waals surface area contributed by atoms with Crippen LogP contribution in [0.2, 0.25) is 0 Å². The van der Waals surface area contributed by atoms with Crippen LogP contribution >= 0.6 is 0 Å². The fraction of sp³-hybridized carbons (Fsp3) is 0.741. The van der Waals surface area contributed by atoms with E-state index in [-0.39, 0.29) is 24.8 Å². The molecule has 0 bridgehead atoms. The molecule has 0 aliphatic carbocycles. The number of amides is 6. The highest BCUT2D eigenvalue weighted by atomic mass is 16.4. The van der Waals surface area contributed by atoms with Crippen molar-refractivity contribution in [2.75, 3.05) is 13.2 Å². The van der Waals surface area contributed by atoms with Gasteiger partial charge in [0, 0.05) is 6.54 Å². The van der Waals surface area contributed by atoms with E-state index in [9.17, 15) is 43.8 Å². The van der Waals surface area contributed by atoms with E-state index in [1.165, 1.54) is 11.8 Å². The standard InChI is InChI=1S/C27H47N7O9/c1-6-14(4)21(26(41)34-9-7-8-19(34)25(40)31-17(27(42)43)10-13(2)3)33-22(37)15(5)30-24(39)18(12-35)32-23(38)16(28)11-20(29)36/h13-19,21,35H,6-12,28H2,1-5H3,(H2,29,36)(H,30,39)(H,31,40)(H,32,38)(H,33,37)(H,42,43)/t14-,15-,16-,17-,18-,19-,21-/m0/s1. The Bertz CT molecular complexity index is 1040. The minimum Gasteiger partial charge on any atom is -0.480 e. The molecule has 1 aliphatic rings. The number of hydrogen-bond donors (Lipinski definition) is 8. The van der Waals surface area contributed by atoms with Crippen molar-refractivity contribution in [1.82, 2.24) is 26.2 Å². The summed E-state index contributed by atoms with van der Waals surface area (Å²) in [6.45, 7) is 7.97. The summed E-state index contributed by atoms with van der Waals surface area (Å²) in [5.41, 5.74) is 10.6. The van der Waals surface area contributed by atoms with Crippen molar-refractivity contribution in [3.05, 3.63) is 0 Å². The minimum atomic E-state index is -1.48. The van der Waals surface area contributed by atoms with Crippen LogP contribution in [0.4, 0.5) is 0 Å². The van der Waals surface area contributed by atoms with E-state index in [0.29, 0.717) is 19.3 Å². The summed E-state index contributed by atoms with van der Waals surface area (Å²) in [5.74, 6) is -6.01. The molecule has 43 heavy (non-hydrogen) atoms. The SMILES string of the molecule is CC[C@H](C)[C@H](NC(=O)[C@H](C)NC(=O)[C@H](CO)NC(=O)[C@@H](N)CC(N)=O)C(=O)N1CCC[C@H]1C(=O)N[C@@H](CC(C)C)C(=O)O. The van der Waals surface area contributed by atoms with Gasteiger partial charge in [-0.05, 0) is 38.0 Å². The van der Waals surface area contributed by atoms with E-state index < -0.39 is 90.7 Å². The molecule has 244 valence electrons. The molecule has 1 aliphatic heterocycles. The van der Waals surface area contributed by atoms with E-state index in [4.69, 9.17) is 11.5 Å². The van der Waals surface area contributed by atoms with Gasteiger partial charge in [-0.25, -0.2) is 4.79 Å². The molecule has 0 aromatic heterocycles. The highest BCUT2D eigenvalue weighted by Gasteiger charge is 2.40. The van der Waals surface area contributed by atoms with Crippen LogP contribution in [0.1, 0.15) is 66.7 Å². The number of nitrogens with one attached hydrogen (secondary N) is 4. The number of carbonyl (C=O) groups excluding carboxylic acids is 6. The Morgan fingerprint density at radius 1 is 0.907 bits per heavy atom. The van der Waals surface area contributed by atoms with Crippen LogP contribution in [0.5, 0.6) is 0 Å². The number of carboxylic acid groups (broad SMARTS) is 1. The van der Waals surface area contributed by atoms with Gasteiger partial charge < -0.3 is 47.8 Å². The lowest BCUT2D eigenvalue weighted by atomic mass is 9.96. The number of carbonyl (C=O) groups is 7. The van der Waals surface area contributed by atoms with Crippen LogP contribution in [-0.4, -0.2) is 106 Å². The summed E-state index contributed by atoms with van der Waals surface area (Å²) in [4.78, 5) is 88.5. The maximum atomic E-state index is 13.7. The first kappa shape index (κ1) is 37.2. The molecule has 1 saturated heterocycles. The fourth-order valence-corrected chi connectivity index (χ4v) is 4.57. The second-order valence-corrected chi connectivity index (χ2v) is 11.3. The average Bonchev–Trinajstić information content (AvgIpc) is 3.42. The maximum Gasteiger partial charge on any atom is 0.326 e. The number of aliphatic hydroxyl groups excluding tert-OH is 1. The van der Waals surface area contributed by atoms with Crippen LogP contribution in [0.3, 0.4) is 0 Å². The predicted molar refractivity (Wildman–Crippen MR) is 154 cm³/mol. The summed E-state index contributed by atoms with van der Waals surface area (Å²) in [6, 6.07) is -7.10. The third kappa shape index (κ3) is 11.4. The van der Waals surface area contributed by atoms with Gasteiger partial charge >= 0.3 is 5.97 Å². The summed E-state index contributed by atoms with van der Waals surface area (Å²) in [7, 11) is 0. The molecule has 0 radical (unpaired) electrons. The number of rotatable bonds is 17. The molecular formula is C27H47N7O9. The normalized spacial score (nSPS) is 18.9. The Kier molecular flexibility index (Phi) is 15.0. The van der Waals surface area contributed by atoms with Gasteiger partial charge in [-0.15, -0.1) is 0 Å². The van der Waals surface area contributed by atoms with E-state index in [1.54, 1.807) is 6.92 Å². The Morgan fingerprint density at radius 2 is 1.53 bits per heavy atom. The number of carboxylic acids is 1.